The van der Waals surface area contributed by atoms with Crippen molar-refractivity contribution in [2.75, 3.05) is 17.7 Å². The SMILES string of the molecule is Cc1cc(CO)cc(OCC(C)Nc2nc(N)nc(C(C)(C)F)n2)c1. The Morgan fingerprint density at radius 3 is 2.64 bits per heavy atom. The van der Waals surface area contributed by atoms with Crippen LogP contribution >= 0.6 is 0 Å². The number of aromatic nitrogens is 3. The summed E-state index contributed by atoms with van der Waals surface area (Å²) in [4.78, 5) is 11.9. The number of nitrogens with zero attached hydrogens (tertiary/aromatic N) is 3. The molecular formula is C17H24FN5O2. The molecule has 2 rings (SSSR count). The summed E-state index contributed by atoms with van der Waals surface area (Å²) in [7, 11) is 0. The zero-order valence-electron chi connectivity index (χ0n) is 14.9. The highest BCUT2D eigenvalue weighted by Gasteiger charge is 2.24. The number of halogens is 1. The number of hydrogen-bond acceptors (Lipinski definition) is 7. The monoisotopic (exact) mass is 349 g/mol. The molecule has 0 aliphatic heterocycles. The van der Waals surface area contributed by atoms with Crippen LogP contribution in [-0.4, -0.2) is 32.7 Å². The molecule has 0 aliphatic carbocycles. The number of nitrogen functional groups attached to an aromatic ring is 1. The van der Waals surface area contributed by atoms with Crippen LogP contribution in [0.2, 0.25) is 0 Å². The molecule has 136 valence electrons. The molecule has 0 spiro atoms. The minimum absolute atomic E-state index is 0.0260. The minimum Gasteiger partial charge on any atom is -0.491 e. The van der Waals surface area contributed by atoms with Crippen LogP contribution in [0.25, 0.3) is 0 Å². The van der Waals surface area contributed by atoms with Gasteiger partial charge >= 0.3 is 0 Å². The predicted octanol–water partition coefficient (Wildman–Crippen LogP) is 2.34. The van der Waals surface area contributed by atoms with Gasteiger partial charge in [-0.1, -0.05) is 6.07 Å². The Labute approximate surface area is 146 Å². The number of aryl methyl sites for hydroxylation is 1. The Morgan fingerprint density at radius 1 is 1.28 bits per heavy atom. The van der Waals surface area contributed by atoms with Crippen molar-refractivity contribution in [1.82, 2.24) is 15.0 Å². The van der Waals surface area contributed by atoms with Crippen LogP contribution in [0.1, 0.15) is 37.7 Å². The fourth-order valence-electron chi connectivity index (χ4n) is 2.21. The van der Waals surface area contributed by atoms with Gasteiger partial charge in [-0.25, -0.2) is 4.39 Å². The normalized spacial score (nSPS) is 12.7. The van der Waals surface area contributed by atoms with Crippen LogP contribution < -0.4 is 15.8 Å². The van der Waals surface area contributed by atoms with Gasteiger partial charge in [0.1, 0.15) is 12.4 Å². The van der Waals surface area contributed by atoms with Crippen LogP contribution in [0.5, 0.6) is 5.75 Å². The second-order valence-corrected chi connectivity index (χ2v) is 6.48. The molecule has 0 bridgehead atoms. The highest BCUT2D eigenvalue weighted by atomic mass is 19.1. The minimum atomic E-state index is -1.71. The van der Waals surface area contributed by atoms with Crippen molar-refractivity contribution in [3.8, 4) is 5.75 Å². The van der Waals surface area contributed by atoms with Gasteiger partial charge < -0.3 is 20.9 Å². The number of anilines is 2. The Bertz CT molecular complexity index is 733. The summed E-state index contributed by atoms with van der Waals surface area (Å²) in [5, 5.41) is 12.3. The molecule has 0 fully saturated rings. The largest absolute Gasteiger partial charge is 0.491 e. The van der Waals surface area contributed by atoms with Crippen molar-refractivity contribution >= 4 is 11.9 Å². The number of rotatable bonds is 7. The summed E-state index contributed by atoms with van der Waals surface area (Å²) in [5.41, 5.74) is 5.70. The Balaban J connectivity index is 2.02. The van der Waals surface area contributed by atoms with Crippen LogP contribution in [0.4, 0.5) is 16.3 Å². The number of hydrogen-bond donors (Lipinski definition) is 3. The fourth-order valence-corrected chi connectivity index (χ4v) is 2.21. The van der Waals surface area contributed by atoms with Crippen LogP contribution in [0, 0.1) is 6.92 Å². The van der Waals surface area contributed by atoms with E-state index in [9.17, 15) is 9.50 Å². The maximum absolute atomic E-state index is 14.0. The summed E-state index contributed by atoms with van der Waals surface area (Å²) in [6.07, 6.45) is 0. The van der Waals surface area contributed by atoms with Crippen LogP contribution in [0.3, 0.4) is 0 Å². The second kappa shape index (κ2) is 7.60. The van der Waals surface area contributed by atoms with Gasteiger partial charge in [0.2, 0.25) is 11.9 Å². The van der Waals surface area contributed by atoms with Crippen molar-refractivity contribution in [3.63, 3.8) is 0 Å². The summed E-state index contributed by atoms with van der Waals surface area (Å²) in [6, 6.07) is 5.40. The van der Waals surface area contributed by atoms with E-state index in [0.717, 1.165) is 11.1 Å². The van der Waals surface area contributed by atoms with E-state index in [2.05, 4.69) is 20.3 Å². The molecule has 4 N–H and O–H groups in total. The predicted molar refractivity (Wildman–Crippen MR) is 94.1 cm³/mol. The molecule has 1 heterocycles. The second-order valence-electron chi connectivity index (χ2n) is 6.48. The number of alkyl halides is 1. The van der Waals surface area contributed by atoms with E-state index in [1.54, 1.807) is 6.07 Å². The molecule has 8 heteroatoms. The summed E-state index contributed by atoms with van der Waals surface area (Å²) in [5.74, 6) is 0.794. The van der Waals surface area contributed by atoms with Crippen molar-refractivity contribution < 1.29 is 14.2 Å². The Kier molecular flexibility index (Phi) is 5.73. The first kappa shape index (κ1) is 18.9. The number of benzene rings is 1. The third kappa shape index (κ3) is 5.53. The maximum Gasteiger partial charge on any atom is 0.228 e. The van der Waals surface area contributed by atoms with Gasteiger partial charge in [0.15, 0.2) is 11.5 Å². The molecule has 1 atom stereocenters. The average Bonchev–Trinajstić information content (AvgIpc) is 2.51. The quantitative estimate of drug-likeness (QED) is 0.704. The number of nitrogens with one attached hydrogen (secondary N) is 1. The topological polar surface area (TPSA) is 106 Å². The molecule has 0 aliphatic rings. The molecule has 0 saturated heterocycles. The van der Waals surface area contributed by atoms with E-state index < -0.39 is 5.67 Å². The smallest absolute Gasteiger partial charge is 0.228 e. The lowest BCUT2D eigenvalue weighted by molar-refractivity contribution is 0.206. The lowest BCUT2D eigenvalue weighted by atomic mass is 10.1. The summed E-state index contributed by atoms with van der Waals surface area (Å²) < 4.78 is 19.8. The lowest BCUT2D eigenvalue weighted by Gasteiger charge is -2.18. The zero-order valence-corrected chi connectivity index (χ0v) is 14.9. The first-order chi connectivity index (χ1) is 11.7. The Hall–Kier alpha value is -2.48. The van der Waals surface area contributed by atoms with Crippen LogP contribution in [-0.2, 0) is 12.3 Å². The molecule has 2 aromatic rings. The van der Waals surface area contributed by atoms with Gasteiger partial charge in [0, 0.05) is 0 Å². The van der Waals surface area contributed by atoms with Gasteiger partial charge in [-0.3, -0.25) is 0 Å². The van der Waals surface area contributed by atoms with Crippen molar-refractivity contribution in [1.29, 1.82) is 0 Å². The standard InChI is InChI=1S/C17H24FN5O2/c1-10-5-12(8-24)7-13(6-10)25-9-11(2)20-16-22-14(17(3,4)18)21-15(19)23-16/h5-7,11,24H,8-9H2,1-4H3,(H3,19,20,21,22,23). The third-order valence-corrected chi connectivity index (χ3v) is 3.35. The summed E-state index contributed by atoms with van der Waals surface area (Å²) >= 11 is 0. The molecule has 1 aromatic carbocycles. The molecular weight excluding hydrogens is 325 g/mol. The van der Waals surface area contributed by atoms with E-state index >= 15 is 0 Å². The van der Waals surface area contributed by atoms with Gasteiger partial charge in [-0.2, -0.15) is 15.0 Å². The highest BCUT2D eigenvalue weighted by molar-refractivity contribution is 5.35. The van der Waals surface area contributed by atoms with E-state index in [4.69, 9.17) is 10.5 Å². The van der Waals surface area contributed by atoms with Crippen molar-refractivity contribution in [3.05, 3.63) is 35.2 Å². The van der Waals surface area contributed by atoms with Crippen molar-refractivity contribution in [2.24, 2.45) is 0 Å². The molecule has 0 radical (unpaired) electrons. The van der Waals surface area contributed by atoms with E-state index in [1.807, 2.05) is 26.0 Å². The zero-order chi connectivity index (χ0) is 18.6. The number of nitrogens with two attached hydrogens (primary N) is 1. The highest BCUT2D eigenvalue weighted by Crippen LogP contribution is 2.22. The molecule has 0 amide bonds. The van der Waals surface area contributed by atoms with E-state index in [-0.39, 0.29) is 30.4 Å². The number of aliphatic hydroxyl groups excluding tert-OH is 1. The Morgan fingerprint density at radius 2 is 2.00 bits per heavy atom. The summed E-state index contributed by atoms with van der Waals surface area (Å²) in [6.45, 7) is 6.81. The lowest BCUT2D eigenvalue weighted by Crippen LogP contribution is -2.26. The van der Waals surface area contributed by atoms with E-state index in [1.165, 1.54) is 13.8 Å². The maximum atomic E-state index is 14.0. The first-order valence-corrected chi connectivity index (χ1v) is 7.99. The fraction of sp³-hybridized carbons (Fsp3) is 0.471. The molecule has 0 saturated carbocycles. The van der Waals surface area contributed by atoms with Gasteiger partial charge in [0.05, 0.1) is 12.6 Å². The molecule has 1 unspecified atom stereocenters. The molecule has 25 heavy (non-hydrogen) atoms. The van der Waals surface area contributed by atoms with Gasteiger partial charge in [0.25, 0.3) is 0 Å². The van der Waals surface area contributed by atoms with Crippen molar-refractivity contribution in [2.45, 2.75) is 46.0 Å². The third-order valence-electron chi connectivity index (χ3n) is 3.35. The average molecular weight is 349 g/mol. The number of ether oxygens (including phenoxy) is 1. The number of aliphatic hydroxyl groups is 1. The molecule has 1 aromatic heterocycles. The van der Waals surface area contributed by atoms with Crippen LogP contribution in [0.15, 0.2) is 18.2 Å². The first-order valence-electron chi connectivity index (χ1n) is 7.99. The molecule has 7 nitrogen and oxygen atoms in total. The van der Waals surface area contributed by atoms with Gasteiger partial charge in [-0.05, 0) is 51.0 Å². The van der Waals surface area contributed by atoms with Gasteiger partial charge in [-0.15, -0.1) is 0 Å². The van der Waals surface area contributed by atoms with E-state index in [0.29, 0.717) is 12.4 Å².